The number of aliphatic hydroxyl groups is 1. The van der Waals surface area contributed by atoms with Crippen molar-refractivity contribution in [3.05, 3.63) is 65.2 Å². The predicted molar refractivity (Wildman–Crippen MR) is 123 cm³/mol. The number of carbonyl (C=O) groups is 1. The van der Waals surface area contributed by atoms with Crippen LogP contribution in [0.15, 0.2) is 48.5 Å². The maximum absolute atomic E-state index is 11.7. The molecule has 2 atom stereocenters. The number of ether oxygens (including phenoxy) is 1. The van der Waals surface area contributed by atoms with Crippen molar-refractivity contribution >= 4 is 11.8 Å². The molecule has 1 aliphatic heterocycles. The quantitative estimate of drug-likeness (QED) is 0.563. The summed E-state index contributed by atoms with van der Waals surface area (Å²) < 4.78 is 4.73. The third kappa shape index (κ3) is 5.83. The molecule has 3 rings (SSSR count). The van der Waals surface area contributed by atoms with E-state index in [9.17, 15) is 9.90 Å². The second-order valence-corrected chi connectivity index (χ2v) is 7.69. The molecule has 0 aromatic heterocycles. The van der Waals surface area contributed by atoms with Crippen molar-refractivity contribution in [1.82, 2.24) is 15.1 Å². The van der Waals surface area contributed by atoms with E-state index in [2.05, 4.69) is 47.6 Å². The van der Waals surface area contributed by atoms with Crippen LogP contribution in [-0.2, 0) is 4.74 Å². The van der Waals surface area contributed by atoms with Crippen LogP contribution in [0.5, 0.6) is 0 Å². The van der Waals surface area contributed by atoms with E-state index in [0.29, 0.717) is 5.69 Å². The lowest BCUT2D eigenvalue weighted by atomic mass is 9.95. The average molecular weight is 427 g/mol. The van der Waals surface area contributed by atoms with Crippen LogP contribution in [0.25, 0.3) is 0 Å². The molecule has 1 aliphatic rings. The molecule has 2 aromatic rings. The number of hydrogen-bond donors (Lipinski definition) is 3. The van der Waals surface area contributed by atoms with Gasteiger partial charge in [-0.3, -0.25) is 15.1 Å². The van der Waals surface area contributed by atoms with Crippen molar-refractivity contribution in [2.45, 2.75) is 26.1 Å². The second-order valence-electron chi connectivity index (χ2n) is 7.69. The molecule has 2 unspecified atom stereocenters. The molecule has 0 radical (unpaired) electrons. The lowest BCUT2D eigenvalue weighted by Crippen LogP contribution is -2.45. The van der Waals surface area contributed by atoms with Gasteiger partial charge >= 0.3 is 6.09 Å². The van der Waals surface area contributed by atoms with Gasteiger partial charge in [-0.05, 0) is 41.9 Å². The second kappa shape index (κ2) is 11.2. The molecule has 0 spiro atoms. The first kappa shape index (κ1) is 23.2. The van der Waals surface area contributed by atoms with Crippen molar-refractivity contribution in [1.29, 1.82) is 0 Å². The van der Waals surface area contributed by atoms with E-state index in [-0.39, 0.29) is 6.04 Å². The Balaban J connectivity index is 1.91. The van der Waals surface area contributed by atoms with Crippen molar-refractivity contribution in [3.63, 3.8) is 0 Å². The van der Waals surface area contributed by atoms with Crippen molar-refractivity contribution < 1.29 is 14.6 Å². The highest BCUT2D eigenvalue weighted by Gasteiger charge is 2.25. The zero-order valence-corrected chi connectivity index (χ0v) is 18.7. The molecule has 1 saturated heterocycles. The number of carbonyl (C=O) groups excluding carboxylic acids is 1. The maximum atomic E-state index is 11.7. The first-order chi connectivity index (χ1) is 15.1. The highest BCUT2D eigenvalue weighted by molar-refractivity contribution is 5.84. The molecule has 0 aliphatic carbocycles. The van der Waals surface area contributed by atoms with Crippen LogP contribution in [0.1, 0.15) is 42.8 Å². The van der Waals surface area contributed by atoms with Gasteiger partial charge in [0.05, 0.1) is 13.2 Å². The largest absolute Gasteiger partial charge is 0.453 e. The van der Waals surface area contributed by atoms with Gasteiger partial charge in [0.2, 0.25) is 0 Å². The molecule has 31 heavy (non-hydrogen) atoms. The van der Waals surface area contributed by atoms with E-state index in [1.54, 1.807) is 0 Å². The van der Waals surface area contributed by atoms with E-state index in [0.717, 1.165) is 56.0 Å². The monoisotopic (exact) mass is 426 g/mol. The summed E-state index contributed by atoms with van der Waals surface area (Å²) in [6.45, 7) is 9.44. The molecule has 1 heterocycles. The maximum Gasteiger partial charge on any atom is 0.411 e. The van der Waals surface area contributed by atoms with Gasteiger partial charge in [-0.1, -0.05) is 50.2 Å². The van der Waals surface area contributed by atoms with Crippen LogP contribution in [0, 0.1) is 0 Å². The summed E-state index contributed by atoms with van der Waals surface area (Å²) in [5.74, 6) is 0. The van der Waals surface area contributed by atoms with Gasteiger partial charge < -0.3 is 15.2 Å². The molecule has 7 nitrogen and oxygen atoms in total. The zero-order chi connectivity index (χ0) is 22.2. The molecule has 7 heteroatoms. The summed E-state index contributed by atoms with van der Waals surface area (Å²) in [7, 11) is 1.36. The summed E-state index contributed by atoms with van der Waals surface area (Å²) in [5.41, 5.74) is 3.87. The Morgan fingerprint density at radius 3 is 2.35 bits per heavy atom. The molecular formula is C24H34N4O3. The third-order valence-corrected chi connectivity index (χ3v) is 5.86. The molecule has 2 aromatic carbocycles. The molecule has 168 valence electrons. The third-order valence-electron chi connectivity index (χ3n) is 5.86. The number of nitrogens with one attached hydrogen (secondary N) is 2. The van der Waals surface area contributed by atoms with Crippen molar-refractivity contribution in [2.75, 3.05) is 51.7 Å². The van der Waals surface area contributed by atoms with Crippen molar-refractivity contribution in [3.8, 4) is 0 Å². The van der Waals surface area contributed by atoms with Gasteiger partial charge in [0.15, 0.2) is 0 Å². The van der Waals surface area contributed by atoms with Crippen LogP contribution in [0.3, 0.4) is 0 Å². The fourth-order valence-corrected chi connectivity index (χ4v) is 4.14. The average Bonchev–Trinajstić information content (AvgIpc) is 2.81. The van der Waals surface area contributed by atoms with Gasteiger partial charge in [0.1, 0.15) is 6.23 Å². The minimum Gasteiger partial charge on any atom is -0.453 e. The normalized spacial score (nSPS) is 16.7. The van der Waals surface area contributed by atoms with Gasteiger partial charge in [0.25, 0.3) is 0 Å². The number of piperazine rings is 1. The first-order valence-corrected chi connectivity index (χ1v) is 11.0. The summed E-state index contributed by atoms with van der Waals surface area (Å²) in [5, 5.41) is 16.8. The van der Waals surface area contributed by atoms with Gasteiger partial charge in [-0.2, -0.15) is 0 Å². The zero-order valence-electron chi connectivity index (χ0n) is 18.7. The molecule has 3 N–H and O–H groups in total. The Hall–Kier alpha value is -2.45. The van der Waals surface area contributed by atoms with Crippen molar-refractivity contribution in [2.24, 2.45) is 0 Å². The lowest BCUT2D eigenvalue weighted by molar-refractivity contribution is 0.00899. The lowest BCUT2D eigenvalue weighted by Gasteiger charge is -2.36. The Kier molecular flexibility index (Phi) is 8.43. The molecule has 0 bridgehead atoms. The Morgan fingerprint density at radius 1 is 1.10 bits per heavy atom. The molecule has 1 fully saturated rings. The highest BCUT2D eigenvalue weighted by atomic mass is 16.5. The number of methoxy groups -OCH3 is 1. The number of anilines is 1. The minimum absolute atomic E-state index is 0.0566. The smallest absolute Gasteiger partial charge is 0.411 e. The van der Waals surface area contributed by atoms with Crippen LogP contribution in [0.2, 0.25) is 0 Å². The summed E-state index contributed by atoms with van der Waals surface area (Å²) >= 11 is 0. The Morgan fingerprint density at radius 2 is 1.74 bits per heavy atom. The Bertz CT molecular complexity index is 833. The summed E-state index contributed by atoms with van der Waals surface area (Å²) in [6, 6.07) is 16.2. The van der Waals surface area contributed by atoms with E-state index >= 15 is 0 Å². The summed E-state index contributed by atoms with van der Waals surface area (Å²) in [4.78, 5) is 16.1. The molecule has 1 amide bonds. The van der Waals surface area contributed by atoms with E-state index < -0.39 is 12.3 Å². The number of hydrogen-bond acceptors (Lipinski definition) is 6. The first-order valence-electron chi connectivity index (χ1n) is 11.0. The standard InChI is InChI=1S/C24H34N4O3/c1-4-27(5-2)23(29)19-11-9-18(10-12-19)22(28-15-13-25-14-16-28)20-7-6-8-21(17-20)26-24(30)31-3/h6-12,17,22-23,25,29H,4-5,13-16H2,1-3H3,(H,26,30). The topological polar surface area (TPSA) is 77.1 Å². The van der Waals surface area contributed by atoms with Crippen LogP contribution in [0.4, 0.5) is 10.5 Å². The van der Waals surface area contributed by atoms with Gasteiger partial charge in [-0.15, -0.1) is 0 Å². The predicted octanol–water partition coefficient (Wildman–Crippen LogP) is 3.19. The SMILES string of the molecule is CCN(CC)C(O)c1ccc(C(c2cccc(NC(=O)OC)c2)N2CCNCC2)cc1. The van der Waals surface area contributed by atoms with Crippen LogP contribution in [-0.4, -0.2) is 67.4 Å². The van der Waals surface area contributed by atoms with Gasteiger partial charge in [0, 0.05) is 31.9 Å². The number of benzene rings is 2. The molecular weight excluding hydrogens is 392 g/mol. The Labute approximate surface area is 185 Å². The number of aliphatic hydroxyl groups excluding tert-OH is 1. The van der Waals surface area contributed by atoms with Gasteiger partial charge in [-0.25, -0.2) is 4.79 Å². The fraction of sp³-hybridized carbons (Fsp3) is 0.458. The van der Waals surface area contributed by atoms with Crippen LogP contribution >= 0.6 is 0 Å². The summed E-state index contributed by atoms with van der Waals surface area (Å²) in [6.07, 6.45) is -1.08. The van der Waals surface area contributed by atoms with E-state index in [1.807, 2.05) is 35.2 Å². The van der Waals surface area contributed by atoms with E-state index in [4.69, 9.17) is 4.74 Å². The number of nitrogens with zero attached hydrogens (tertiary/aromatic N) is 2. The van der Waals surface area contributed by atoms with Crippen LogP contribution < -0.4 is 10.6 Å². The van der Waals surface area contributed by atoms with E-state index in [1.165, 1.54) is 7.11 Å². The number of amides is 1. The molecule has 0 saturated carbocycles. The minimum atomic E-state index is -0.603. The number of rotatable bonds is 8. The fourth-order valence-electron chi connectivity index (χ4n) is 4.14. The highest BCUT2D eigenvalue weighted by Crippen LogP contribution is 2.31.